The Morgan fingerprint density at radius 1 is 1.27 bits per heavy atom. The van der Waals surface area contributed by atoms with Crippen LogP contribution in [0.5, 0.6) is 0 Å². The number of carbonyl (C=O) groups excluding carboxylic acids is 3. The number of hydrogen-bond acceptors (Lipinski definition) is 4. The number of carbonyl (C=O) groups is 3. The van der Waals surface area contributed by atoms with E-state index in [1.807, 2.05) is 0 Å². The summed E-state index contributed by atoms with van der Waals surface area (Å²) in [5.41, 5.74) is 1.26. The first-order valence-corrected chi connectivity index (χ1v) is 9.06. The van der Waals surface area contributed by atoms with Gasteiger partial charge >= 0.3 is 6.03 Å². The van der Waals surface area contributed by atoms with Gasteiger partial charge in [0.1, 0.15) is 0 Å². The van der Waals surface area contributed by atoms with Gasteiger partial charge in [0.15, 0.2) is 0 Å². The second-order valence-electron chi connectivity index (χ2n) is 6.99. The molecular weight excluding hydrogens is 334 g/mol. The number of nitrogens with one attached hydrogen (secondary N) is 1. The summed E-state index contributed by atoms with van der Waals surface area (Å²) in [6, 6.07) is 4.72. The highest BCUT2D eigenvalue weighted by Crippen LogP contribution is 2.26. The molecule has 3 rings (SSSR count). The van der Waals surface area contributed by atoms with E-state index in [0.29, 0.717) is 42.3 Å². The fraction of sp³-hybridized carbons (Fsp3) is 0.526. The number of methoxy groups -OCH3 is 1. The molecule has 0 spiro atoms. The summed E-state index contributed by atoms with van der Waals surface area (Å²) in [6.45, 7) is 4.43. The molecule has 4 amide bonds. The third kappa shape index (κ3) is 3.72. The van der Waals surface area contributed by atoms with E-state index in [9.17, 15) is 14.4 Å². The van der Waals surface area contributed by atoms with E-state index in [2.05, 4.69) is 12.2 Å². The summed E-state index contributed by atoms with van der Waals surface area (Å²) in [7, 11) is 1.58. The van der Waals surface area contributed by atoms with Gasteiger partial charge in [-0.05, 0) is 43.4 Å². The maximum absolute atomic E-state index is 12.5. The van der Waals surface area contributed by atoms with Crippen LogP contribution < -0.4 is 5.32 Å². The molecule has 1 N–H and O–H groups in total. The maximum atomic E-state index is 12.5. The van der Waals surface area contributed by atoms with Crippen LogP contribution in [0.25, 0.3) is 0 Å². The number of hydrogen-bond donors (Lipinski definition) is 1. The summed E-state index contributed by atoms with van der Waals surface area (Å²) in [5.74, 6) is -0.109. The number of rotatable bonds is 5. The Morgan fingerprint density at radius 2 is 2.04 bits per heavy atom. The summed E-state index contributed by atoms with van der Waals surface area (Å²) in [6.07, 6.45) is 2.74. The molecule has 0 aromatic heterocycles. The minimum Gasteiger partial charge on any atom is -0.385 e. The number of benzene rings is 1. The first-order valence-electron chi connectivity index (χ1n) is 9.06. The summed E-state index contributed by atoms with van der Waals surface area (Å²) < 4.78 is 4.98. The second-order valence-corrected chi connectivity index (χ2v) is 6.99. The van der Waals surface area contributed by atoms with E-state index >= 15 is 0 Å². The Labute approximate surface area is 153 Å². The van der Waals surface area contributed by atoms with Gasteiger partial charge in [-0.25, -0.2) is 4.79 Å². The topological polar surface area (TPSA) is 79.0 Å². The molecule has 0 radical (unpaired) electrons. The molecule has 1 atom stereocenters. The predicted molar refractivity (Wildman–Crippen MR) is 97.3 cm³/mol. The highest BCUT2D eigenvalue weighted by molar-refractivity contribution is 6.21. The van der Waals surface area contributed by atoms with Crippen LogP contribution in [-0.4, -0.2) is 61.0 Å². The van der Waals surface area contributed by atoms with Crippen LogP contribution in [0.4, 0.5) is 10.5 Å². The third-order valence-electron chi connectivity index (χ3n) is 4.90. The van der Waals surface area contributed by atoms with E-state index < -0.39 is 0 Å². The molecule has 1 fully saturated rings. The van der Waals surface area contributed by atoms with Gasteiger partial charge in [-0.2, -0.15) is 0 Å². The number of ether oxygens (including phenoxy) is 1. The Kier molecular flexibility index (Phi) is 5.56. The number of likely N-dealkylation sites (tertiary alicyclic amines) is 1. The lowest BCUT2D eigenvalue weighted by Crippen LogP contribution is -2.41. The number of fused-ring (bicyclic) bond motifs is 1. The molecule has 0 saturated carbocycles. The lowest BCUT2D eigenvalue weighted by Gasteiger charge is -2.30. The molecule has 26 heavy (non-hydrogen) atoms. The van der Waals surface area contributed by atoms with Crippen LogP contribution in [0.3, 0.4) is 0 Å². The monoisotopic (exact) mass is 359 g/mol. The van der Waals surface area contributed by atoms with Crippen molar-refractivity contribution in [2.45, 2.75) is 26.2 Å². The molecule has 7 heteroatoms. The van der Waals surface area contributed by atoms with Gasteiger partial charge < -0.3 is 15.0 Å². The van der Waals surface area contributed by atoms with Gasteiger partial charge in [0.2, 0.25) is 0 Å². The fourth-order valence-electron chi connectivity index (χ4n) is 3.51. The van der Waals surface area contributed by atoms with Gasteiger partial charge in [0, 0.05) is 39.0 Å². The van der Waals surface area contributed by atoms with Crippen molar-refractivity contribution in [3.63, 3.8) is 0 Å². The molecular formula is C19H25N3O4. The minimum absolute atomic E-state index is 0.162. The summed E-state index contributed by atoms with van der Waals surface area (Å²) in [4.78, 5) is 40.4. The molecule has 7 nitrogen and oxygen atoms in total. The standard InChI is InChI=1S/C19H25N3O4/c1-13-5-3-8-21(12-13)19(25)20-14-6-7-15-16(11-14)18(24)22(17(15)23)9-4-10-26-2/h6-7,11,13H,3-5,8-10,12H2,1-2H3,(H,20,25). The van der Waals surface area contributed by atoms with Gasteiger partial charge in [-0.1, -0.05) is 6.92 Å². The third-order valence-corrected chi connectivity index (χ3v) is 4.90. The van der Waals surface area contributed by atoms with Crippen molar-refractivity contribution in [3.05, 3.63) is 29.3 Å². The molecule has 2 aliphatic heterocycles. The molecule has 1 unspecified atom stereocenters. The normalized spacial score (nSPS) is 19.7. The van der Waals surface area contributed by atoms with Gasteiger partial charge in [-0.3, -0.25) is 14.5 Å². The average Bonchev–Trinajstić information content (AvgIpc) is 2.86. The molecule has 0 aliphatic carbocycles. The van der Waals surface area contributed by atoms with E-state index in [0.717, 1.165) is 25.9 Å². The number of imide groups is 1. The number of amides is 4. The lowest BCUT2D eigenvalue weighted by molar-refractivity contribution is 0.0638. The van der Waals surface area contributed by atoms with Crippen molar-refractivity contribution in [2.75, 3.05) is 38.7 Å². The molecule has 2 aliphatic rings. The number of nitrogens with zero attached hydrogens (tertiary/aromatic N) is 2. The van der Waals surface area contributed by atoms with E-state index in [4.69, 9.17) is 4.74 Å². The average molecular weight is 359 g/mol. The lowest BCUT2D eigenvalue weighted by atomic mass is 10.0. The van der Waals surface area contributed by atoms with Crippen LogP contribution in [0.2, 0.25) is 0 Å². The second kappa shape index (κ2) is 7.86. The van der Waals surface area contributed by atoms with Crippen molar-refractivity contribution < 1.29 is 19.1 Å². The van der Waals surface area contributed by atoms with Crippen molar-refractivity contribution in [2.24, 2.45) is 5.92 Å². The van der Waals surface area contributed by atoms with Crippen LogP contribution in [0.1, 0.15) is 46.9 Å². The van der Waals surface area contributed by atoms with Gasteiger partial charge in [0.25, 0.3) is 11.8 Å². The van der Waals surface area contributed by atoms with Crippen LogP contribution >= 0.6 is 0 Å². The van der Waals surface area contributed by atoms with Crippen LogP contribution in [-0.2, 0) is 4.74 Å². The maximum Gasteiger partial charge on any atom is 0.321 e. The van der Waals surface area contributed by atoms with E-state index in [-0.39, 0.29) is 17.8 Å². The zero-order valence-electron chi connectivity index (χ0n) is 15.3. The van der Waals surface area contributed by atoms with E-state index in [1.165, 1.54) is 4.90 Å². The van der Waals surface area contributed by atoms with Gasteiger partial charge in [0.05, 0.1) is 11.1 Å². The highest BCUT2D eigenvalue weighted by Gasteiger charge is 2.35. The molecule has 1 aromatic carbocycles. The van der Waals surface area contributed by atoms with Crippen LogP contribution in [0.15, 0.2) is 18.2 Å². The van der Waals surface area contributed by atoms with Crippen molar-refractivity contribution >= 4 is 23.5 Å². The largest absolute Gasteiger partial charge is 0.385 e. The zero-order chi connectivity index (χ0) is 18.7. The smallest absolute Gasteiger partial charge is 0.321 e. The first-order chi connectivity index (χ1) is 12.5. The number of piperidine rings is 1. The van der Waals surface area contributed by atoms with E-state index in [1.54, 1.807) is 30.2 Å². The highest BCUT2D eigenvalue weighted by atomic mass is 16.5. The minimum atomic E-state index is -0.316. The molecule has 0 bridgehead atoms. The Bertz CT molecular complexity index is 719. The van der Waals surface area contributed by atoms with Crippen molar-refractivity contribution in [1.29, 1.82) is 0 Å². The van der Waals surface area contributed by atoms with Crippen molar-refractivity contribution in [3.8, 4) is 0 Å². The molecule has 2 heterocycles. The van der Waals surface area contributed by atoms with Crippen LogP contribution in [0, 0.1) is 5.92 Å². The fourth-order valence-corrected chi connectivity index (χ4v) is 3.51. The molecule has 140 valence electrons. The molecule has 1 aromatic rings. The Morgan fingerprint density at radius 3 is 2.77 bits per heavy atom. The summed E-state index contributed by atoms with van der Waals surface area (Å²) in [5, 5.41) is 2.85. The number of urea groups is 1. The summed E-state index contributed by atoms with van der Waals surface area (Å²) >= 11 is 0. The Hall–Kier alpha value is -2.41. The van der Waals surface area contributed by atoms with Crippen molar-refractivity contribution in [1.82, 2.24) is 9.80 Å². The molecule has 1 saturated heterocycles. The first kappa shape index (κ1) is 18.4. The zero-order valence-corrected chi connectivity index (χ0v) is 15.3. The Balaban J connectivity index is 1.69. The quantitative estimate of drug-likeness (QED) is 0.647. The number of anilines is 1. The van der Waals surface area contributed by atoms with Gasteiger partial charge in [-0.15, -0.1) is 0 Å². The SMILES string of the molecule is COCCCN1C(=O)c2ccc(NC(=O)N3CCCC(C)C3)cc2C1=O. The predicted octanol–water partition coefficient (Wildman–Crippen LogP) is 2.58.